The Morgan fingerprint density at radius 3 is 2.43 bits per heavy atom. The summed E-state index contributed by atoms with van der Waals surface area (Å²) < 4.78 is 1.55. The summed E-state index contributed by atoms with van der Waals surface area (Å²) in [5.41, 5.74) is 1.22. The molecule has 5 rings (SSSR count). The van der Waals surface area contributed by atoms with E-state index in [2.05, 4.69) is 41.4 Å². The standard InChI is InChI=1S/C29H42N6O2/c1-19(2)22-10-5-6-17-35(22)24-12-11-21(18-30-24)32-28(37)26(33-27(36)23-13-16-31-34(23)4)25(20-8-7-9-20)29(3)14-15-29/h11-13,16,18-20,22,25-26H,5-10,14-15,17H2,1-4H3,(H,32,37)(H,33,36)/t22?,25?,26-/m0/s1. The van der Waals surface area contributed by atoms with Crippen LogP contribution in [-0.4, -0.2) is 45.2 Å². The van der Waals surface area contributed by atoms with Crippen molar-refractivity contribution in [2.24, 2.45) is 30.2 Å². The number of nitrogens with zero attached hydrogens (tertiary/aromatic N) is 4. The largest absolute Gasteiger partial charge is 0.353 e. The van der Waals surface area contributed by atoms with Gasteiger partial charge in [0.25, 0.3) is 5.91 Å². The van der Waals surface area contributed by atoms with Crippen molar-refractivity contribution in [2.75, 3.05) is 16.8 Å². The number of hydrogen-bond acceptors (Lipinski definition) is 5. The van der Waals surface area contributed by atoms with Crippen molar-refractivity contribution in [3.63, 3.8) is 0 Å². The van der Waals surface area contributed by atoms with Crippen molar-refractivity contribution in [1.82, 2.24) is 20.1 Å². The predicted molar refractivity (Wildman–Crippen MR) is 145 cm³/mol. The van der Waals surface area contributed by atoms with Gasteiger partial charge in [-0.1, -0.05) is 40.0 Å². The molecule has 3 aliphatic rings. The molecule has 1 saturated heterocycles. The molecule has 3 atom stereocenters. The van der Waals surface area contributed by atoms with Gasteiger partial charge < -0.3 is 15.5 Å². The summed E-state index contributed by atoms with van der Waals surface area (Å²) in [5.74, 6) is 1.70. The molecule has 2 aliphatic carbocycles. The number of piperidine rings is 1. The highest BCUT2D eigenvalue weighted by Crippen LogP contribution is 2.58. The van der Waals surface area contributed by atoms with Gasteiger partial charge in [0, 0.05) is 25.8 Å². The number of pyridine rings is 1. The third kappa shape index (κ3) is 5.39. The number of anilines is 2. The van der Waals surface area contributed by atoms with Crippen LogP contribution in [0.5, 0.6) is 0 Å². The number of carbonyl (C=O) groups excluding carboxylic acids is 2. The van der Waals surface area contributed by atoms with E-state index < -0.39 is 6.04 Å². The van der Waals surface area contributed by atoms with Crippen molar-refractivity contribution in [3.05, 3.63) is 36.3 Å². The molecule has 0 bridgehead atoms. The summed E-state index contributed by atoms with van der Waals surface area (Å²) >= 11 is 0. The van der Waals surface area contributed by atoms with Gasteiger partial charge in [-0.2, -0.15) is 5.10 Å². The lowest BCUT2D eigenvalue weighted by Crippen LogP contribution is -2.54. The van der Waals surface area contributed by atoms with Gasteiger partial charge in [0.15, 0.2) is 0 Å². The van der Waals surface area contributed by atoms with Gasteiger partial charge in [0.2, 0.25) is 5.91 Å². The lowest BCUT2D eigenvalue weighted by Gasteiger charge is -2.42. The van der Waals surface area contributed by atoms with Crippen LogP contribution in [0.15, 0.2) is 30.6 Å². The predicted octanol–water partition coefficient (Wildman–Crippen LogP) is 4.78. The molecule has 2 amide bonds. The van der Waals surface area contributed by atoms with E-state index in [4.69, 9.17) is 4.98 Å². The van der Waals surface area contributed by atoms with Crippen LogP contribution in [0, 0.1) is 23.2 Å². The zero-order valence-electron chi connectivity index (χ0n) is 22.7. The Labute approximate surface area is 220 Å². The summed E-state index contributed by atoms with van der Waals surface area (Å²) in [7, 11) is 1.75. The Morgan fingerprint density at radius 2 is 1.86 bits per heavy atom. The van der Waals surface area contributed by atoms with Crippen LogP contribution in [0.3, 0.4) is 0 Å². The second kappa shape index (κ2) is 10.5. The fraction of sp³-hybridized carbons (Fsp3) is 0.655. The molecule has 2 unspecified atom stereocenters. The first kappa shape index (κ1) is 25.7. The second-order valence-corrected chi connectivity index (χ2v) is 12.1. The molecular weight excluding hydrogens is 464 g/mol. The summed E-state index contributed by atoms with van der Waals surface area (Å²) in [4.78, 5) is 34.2. The topological polar surface area (TPSA) is 92.2 Å². The van der Waals surface area contributed by atoms with E-state index in [0.717, 1.165) is 38.0 Å². The molecule has 0 spiro atoms. The number of amides is 2. The highest BCUT2D eigenvalue weighted by atomic mass is 16.2. The molecular formula is C29H42N6O2. The van der Waals surface area contributed by atoms with Gasteiger partial charge in [-0.3, -0.25) is 14.3 Å². The van der Waals surface area contributed by atoms with E-state index >= 15 is 0 Å². The number of aromatic nitrogens is 3. The highest BCUT2D eigenvalue weighted by molar-refractivity contribution is 6.00. The van der Waals surface area contributed by atoms with Crippen molar-refractivity contribution in [1.29, 1.82) is 0 Å². The van der Waals surface area contributed by atoms with Gasteiger partial charge in [-0.15, -0.1) is 0 Å². The third-order valence-electron chi connectivity index (χ3n) is 9.11. The summed E-state index contributed by atoms with van der Waals surface area (Å²) in [5, 5.41) is 10.3. The molecule has 0 aromatic carbocycles. The summed E-state index contributed by atoms with van der Waals surface area (Å²) in [6.45, 7) is 7.84. The first-order chi connectivity index (χ1) is 17.8. The number of nitrogens with one attached hydrogen (secondary N) is 2. The zero-order chi connectivity index (χ0) is 26.2. The van der Waals surface area contributed by atoms with Crippen LogP contribution >= 0.6 is 0 Å². The Balaban J connectivity index is 1.35. The molecule has 2 aromatic heterocycles. The maximum atomic E-state index is 13.8. The minimum atomic E-state index is -0.604. The second-order valence-electron chi connectivity index (χ2n) is 12.1. The lowest BCUT2D eigenvalue weighted by molar-refractivity contribution is -0.121. The quantitative estimate of drug-likeness (QED) is 0.511. The van der Waals surface area contributed by atoms with E-state index in [1.54, 1.807) is 30.2 Å². The Bertz CT molecular complexity index is 1100. The molecule has 8 heteroatoms. The summed E-state index contributed by atoms with van der Waals surface area (Å²) in [6, 6.07) is 5.55. The maximum Gasteiger partial charge on any atom is 0.270 e. The lowest BCUT2D eigenvalue weighted by atomic mass is 9.66. The van der Waals surface area contributed by atoms with Crippen molar-refractivity contribution in [2.45, 2.75) is 84.2 Å². The van der Waals surface area contributed by atoms with Crippen molar-refractivity contribution in [3.8, 4) is 0 Å². The van der Waals surface area contributed by atoms with Crippen molar-refractivity contribution < 1.29 is 9.59 Å². The molecule has 2 saturated carbocycles. The van der Waals surface area contributed by atoms with Crippen LogP contribution in [0.25, 0.3) is 0 Å². The Hall–Kier alpha value is -2.90. The van der Waals surface area contributed by atoms with Gasteiger partial charge in [0.1, 0.15) is 17.6 Å². The number of hydrogen-bond donors (Lipinski definition) is 2. The molecule has 2 aromatic rings. The average molecular weight is 507 g/mol. The van der Waals surface area contributed by atoms with Gasteiger partial charge in [0.05, 0.1) is 11.9 Å². The summed E-state index contributed by atoms with van der Waals surface area (Å²) in [6.07, 6.45) is 12.6. The molecule has 2 N–H and O–H groups in total. The third-order valence-corrected chi connectivity index (χ3v) is 9.11. The van der Waals surface area contributed by atoms with Gasteiger partial charge in [-0.05, 0) is 73.5 Å². The van der Waals surface area contributed by atoms with Crippen LogP contribution in [0.4, 0.5) is 11.5 Å². The van der Waals surface area contributed by atoms with E-state index in [1.165, 1.54) is 25.7 Å². The highest BCUT2D eigenvalue weighted by Gasteiger charge is 2.54. The molecule has 3 heterocycles. The minimum Gasteiger partial charge on any atom is -0.353 e. The molecule has 1 aliphatic heterocycles. The van der Waals surface area contributed by atoms with Crippen molar-refractivity contribution >= 4 is 23.3 Å². The molecule has 3 fully saturated rings. The smallest absolute Gasteiger partial charge is 0.270 e. The number of aryl methyl sites for hydroxylation is 1. The maximum absolute atomic E-state index is 13.8. The fourth-order valence-electron chi connectivity index (χ4n) is 6.49. The molecule has 37 heavy (non-hydrogen) atoms. The molecule has 0 radical (unpaired) electrons. The zero-order valence-corrected chi connectivity index (χ0v) is 22.7. The van der Waals surface area contributed by atoms with E-state index in [1.807, 2.05) is 12.1 Å². The van der Waals surface area contributed by atoms with Gasteiger partial charge in [-0.25, -0.2) is 4.98 Å². The number of carbonyl (C=O) groups is 2. The monoisotopic (exact) mass is 506 g/mol. The average Bonchev–Trinajstić information content (AvgIpc) is 3.45. The van der Waals surface area contributed by atoms with Crippen LogP contribution in [-0.2, 0) is 11.8 Å². The number of rotatable bonds is 9. The van der Waals surface area contributed by atoms with Crippen LogP contribution in [0.2, 0.25) is 0 Å². The Morgan fingerprint density at radius 1 is 1.08 bits per heavy atom. The first-order valence-corrected chi connectivity index (χ1v) is 14.1. The van der Waals surface area contributed by atoms with Gasteiger partial charge >= 0.3 is 0 Å². The SMILES string of the molecule is CC(C)C1CCCCN1c1ccc(NC(=O)[C@@H](NC(=O)c2ccnn2C)C(C2CCC2)C2(C)CC2)cn1. The van der Waals surface area contributed by atoms with E-state index in [0.29, 0.717) is 29.3 Å². The first-order valence-electron chi connectivity index (χ1n) is 14.1. The minimum absolute atomic E-state index is 0.0923. The fourth-order valence-corrected chi connectivity index (χ4v) is 6.49. The van der Waals surface area contributed by atoms with Crippen LogP contribution < -0.4 is 15.5 Å². The van der Waals surface area contributed by atoms with E-state index in [9.17, 15) is 9.59 Å². The molecule has 200 valence electrons. The normalized spacial score (nSPS) is 22.7. The van der Waals surface area contributed by atoms with E-state index in [-0.39, 0.29) is 23.1 Å². The Kier molecular flexibility index (Phi) is 7.28. The van der Waals surface area contributed by atoms with Crippen LogP contribution in [0.1, 0.15) is 82.6 Å². The molecule has 8 nitrogen and oxygen atoms in total.